The van der Waals surface area contributed by atoms with Gasteiger partial charge in [0.05, 0.1) is 0 Å². The van der Waals surface area contributed by atoms with Gasteiger partial charge in [-0.1, -0.05) is 359 Å². The van der Waals surface area contributed by atoms with E-state index in [0.717, 1.165) is 70.6 Å². The van der Waals surface area contributed by atoms with E-state index in [-0.39, 0.29) is 31.1 Å². The standard InChI is InChI=1S/C76H142O6/c1-4-7-10-13-16-19-22-24-26-28-30-32-34-35-36-37-38-39-40-42-43-45-47-49-51-54-57-60-63-66-69-75(78)81-72-73(71-80-74(77)68-65-62-59-56-53-21-18-15-12-9-6-3)82-76(79)70-67-64-61-58-55-52-50-48-46-44-41-33-31-29-27-25-23-20-17-14-11-8-5-2/h15,18,23,25,29,31,73H,4-14,16-17,19-22,24,26-28,30,32-72H2,1-3H3/b18-15-,25-23-,31-29-. The van der Waals surface area contributed by atoms with Crippen LogP contribution in [-0.4, -0.2) is 37.2 Å². The Morgan fingerprint density at radius 1 is 0.244 bits per heavy atom. The fourth-order valence-corrected chi connectivity index (χ4v) is 11.3. The lowest BCUT2D eigenvalue weighted by atomic mass is 10.0. The highest BCUT2D eigenvalue weighted by atomic mass is 16.6. The van der Waals surface area contributed by atoms with Gasteiger partial charge in [0.25, 0.3) is 0 Å². The largest absolute Gasteiger partial charge is 0.462 e. The first-order valence-corrected chi connectivity index (χ1v) is 37.0. The number of ether oxygens (including phenoxy) is 3. The molecular formula is C76H142O6. The van der Waals surface area contributed by atoms with Gasteiger partial charge in [-0.25, -0.2) is 0 Å². The molecule has 0 aromatic carbocycles. The Hall–Kier alpha value is -2.37. The van der Waals surface area contributed by atoms with E-state index >= 15 is 0 Å². The molecule has 82 heavy (non-hydrogen) atoms. The van der Waals surface area contributed by atoms with Crippen molar-refractivity contribution >= 4 is 17.9 Å². The van der Waals surface area contributed by atoms with Crippen molar-refractivity contribution in [2.45, 2.75) is 419 Å². The summed E-state index contributed by atoms with van der Waals surface area (Å²) in [5.41, 5.74) is 0. The maximum absolute atomic E-state index is 12.9. The molecule has 0 bridgehead atoms. The monoisotopic (exact) mass is 1150 g/mol. The summed E-state index contributed by atoms with van der Waals surface area (Å²) >= 11 is 0. The van der Waals surface area contributed by atoms with E-state index in [1.165, 1.54) is 302 Å². The molecule has 0 aliphatic carbocycles. The average Bonchev–Trinajstić information content (AvgIpc) is 3.48. The Balaban J connectivity index is 4.12. The third kappa shape index (κ3) is 68.4. The van der Waals surface area contributed by atoms with Gasteiger partial charge in [-0.2, -0.15) is 0 Å². The van der Waals surface area contributed by atoms with Crippen molar-refractivity contribution in [1.29, 1.82) is 0 Å². The summed E-state index contributed by atoms with van der Waals surface area (Å²) in [7, 11) is 0. The van der Waals surface area contributed by atoms with Crippen molar-refractivity contribution in [1.82, 2.24) is 0 Å². The lowest BCUT2D eigenvalue weighted by molar-refractivity contribution is -0.167. The Labute approximate surface area is 512 Å². The molecular weight excluding hydrogens is 1010 g/mol. The number of hydrogen-bond donors (Lipinski definition) is 0. The quantitative estimate of drug-likeness (QED) is 0.0261. The average molecular weight is 1150 g/mol. The summed E-state index contributed by atoms with van der Waals surface area (Å²) < 4.78 is 17.0. The summed E-state index contributed by atoms with van der Waals surface area (Å²) in [6, 6.07) is 0. The van der Waals surface area contributed by atoms with E-state index < -0.39 is 6.10 Å². The first-order chi connectivity index (χ1) is 40.5. The minimum Gasteiger partial charge on any atom is -0.462 e. The van der Waals surface area contributed by atoms with Crippen LogP contribution in [0.5, 0.6) is 0 Å². The maximum atomic E-state index is 12.9. The first-order valence-electron chi connectivity index (χ1n) is 37.0. The van der Waals surface area contributed by atoms with Gasteiger partial charge >= 0.3 is 17.9 Å². The summed E-state index contributed by atoms with van der Waals surface area (Å²) in [6.07, 6.45) is 89.2. The predicted octanol–water partition coefficient (Wildman–Crippen LogP) is 25.5. The molecule has 0 spiro atoms. The number of carbonyl (C=O) groups is 3. The van der Waals surface area contributed by atoms with E-state index in [1.54, 1.807) is 0 Å². The lowest BCUT2D eigenvalue weighted by Crippen LogP contribution is -2.30. The third-order valence-electron chi connectivity index (χ3n) is 16.9. The number of hydrogen-bond acceptors (Lipinski definition) is 6. The molecule has 6 nitrogen and oxygen atoms in total. The minimum absolute atomic E-state index is 0.0708. The predicted molar refractivity (Wildman–Crippen MR) is 358 cm³/mol. The molecule has 0 aliphatic heterocycles. The second kappa shape index (κ2) is 71.1. The van der Waals surface area contributed by atoms with Crippen LogP contribution in [0, 0.1) is 0 Å². The van der Waals surface area contributed by atoms with E-state index in [4.69, 9.17) is 14.2 Å². The van der Waals surface area contributed by atoms with Crippen LogP contribution in [0.4, 0.5) is 0 Å². The minimum atomic E-state index is -0.775. The van der Waals surface area contributed by atoms with Gasteiger partial charge in [0.1, 0.15) is 13.2 Å². The molecule has 0 aromatic rings. The molecule has 0 saturated carbocycles. The van der Waals surface area contributed by atoms with Crippen LogP contribution in [-0.2, 0) is 28.6 Å². The molecule has 1 atom stereocenters. The fraction of sp³-hybridized carbons (Fsp3) is 0.882. The number of rotatable bonds is 69. The molecule has 0 rings (SSSR count). The molecule has 0 N–H and O–H groups in total. The second-order valence-corrected chi connectivity index (χ2v) is 25.2. The van der Waals surface area contributed by atoms with Crippen molar-refractivity contribution in [2.75, 3.05) is 13.2 Å². The van der Waals surface area contributed by atoms with Gasteiger partial charge in [0.15, 0.2) is 6.10 Å². The Bertz CT molecular complexity index is 1370. The SMILES string of the molecule is CCCC/C=C\CCCCCCCC(=O)OCC(COC(=O)CCCCCCCCCCCCCCCCCCCCCCCCCCCCCCCC)OC(=O)CCCCCCCCCCCCC/C=C\C/C=C\CCCCCCC. The van der Waals surface area contributed by atoms with Crippen LogP contribution >= 0.6 is 0 Å². The van der Waals surface area contributed by atoms with Crippen LogP contribution in [0.15, 0.2) is 36.5 Å². The lowest BCUT2D eigenvalue weighted by Gasteiger charge is -2.18. The topological polar surface area (TPSA) is 78.9 Å². The molecule has 0 heterocycles. The van der Waals surface area contributed by atoms with E-state index in [2.05, 4.69) is 57.2 Å². The Kier molecular flexibility index (Phi) is 69.1. The molecule has 482 valence electrons. The molecule has 0 fully saturated rings. The summed E-state index contributed by atoms with van der Waals surface area (Å²) in [4.78, 5) is 38.4. The van der Waals surface area contributed by atoms with Gasteiger partial charge in [-0.15, -0.1) is 0 Å². The van der Waals surface area contributed by atoms with Gasteiger partial charge in [-0.3, -0.25) is 14.4 Å². The molecule has 0 aromatic heterocycles. The highest BCUT2D eigenvalue weighted by Gasteiger charge is 2.19. The molecule has 1 unspecified atom stereocenters. The van der Waals surface area contributed by atoms with Crippen molar-refractivity contribution in [3.05, 3.63) is 36.5 Å². The van der Waals surface area contributed by atoms with Crippen LogP contribution in [0.2, 0.25) is 0 Å². The van der Waals surface area contributed by atoms with E-state index in [1.807, 2.05) is 0 Å². The number of allylic oxidation sites excluding steroid dienone is 6. The smallest absolute Gasteiger partial charge is 0.306 e. The highest BCUT2D eigenvalue weighted by molar-refractivity contribution is 5.71. The zero-order valence-electron chi connectivity index (χ0n) is 55.5. The van der Waals surface area contributed by atoms with Gasteiger partial charge in [0.2, 0.25) is 0 Å². The molecule has 0 aliphatic rings. The van der Waals surface area contributed by atoms with Crippen molar-refractivity contribution in [3.63, 3.8) is 0 Å². The third-order valence-corrected chi connectivity index (χ3v) is 16.9. The van der Waals surface area contributed by atoms with Gasteiger partial charge in [0, 0.05) is 19.3 Å². The number of esters is 3. The number of unbranched alkanes of at least 4 members (excludes halogenated alkanes) is 52. The van der Waals surface area contributed by atoms with Crippen LogP contribution < -0.4 is 0 Å². The fourth-order valence-electron chi connectivity index (χ4n) is 11.3. The zero-order valence-corrected chi connectivity index (χ0v) is 55.5. The van der Waals surface area contributed by atoms with Gasteiger partial charge < -0.3 is 14.2 Å². The summed E-state index contributed by atoms with van der Waals surface area (Å²) in [5, 5.41) is 0. The second-order valence-electron chi connectivity index (χ2n) is 25.2. The number of carbonyl (C=O) groups excluding carboxylic acids is 3. The first kappa shape index (κ1) is 79.6. The molecule has 0 radical (unpaired) electrons. The maximum Gasteiger partial charge on any atom is 0.306 e. The van der Waals surface area contributed by atoms with Gasteiger partial charge in [-0.05, 0) is 70.6 Å². The van der Waals surface area contributed by atoms with Crippen molar-refractivity contribution < 1.29 is 28.6 Å². The van der Waals surface area contributed by atoms with Crippen molar-refractivity contribution in [2.24, 2.45) is 0 Å². The van der Waals surface area contributed by atoms with Crippen molar-refractivity contribution in [3.8, 4) is 0 Å². The molecule has 0 amide bonds. The van der Waals surface area contributed by atoms with Crippen LogP contribution in [0.1, 0.15) is 412 Å². The van der Waals surface area contributed by atoms with Crippen LogP contribution in [0.3, 0.4) is 0 Å². The molecule has 6 heteroatoms. The zero-order chi connectivity index (χ0) is 59.2. The molecule has 0 saturated heterocycles. The Morgan fingerprint density at radius 2 is 0.451 bits per heavy atom. The normalized spacial score (nSPS) is 12.2. The van der Waals surface area contributed by atoms with Crippen LogP contribution in [0.25, 0.3) is 0 Å². The summed E-state index contributed by atoms with van der Waals surface area (Å²) in [6.45, 7) is 6.66. The van der Waals surface area contributed by atoms with E-state index in [0.29, 0.717) is 19.3 Å². The van der Waals surface area contributed by atoms with E-state index in [9.17, 15) is 14.4 Å². The highest BCUT2D eigenvalue weighted by Crippen LogP contribution is 2.19. The Morgan fingerprint density at radius 3 is 0.720 bits per heavy atom. The summed E-state index contributed by atoms with van der Waals surface area (Å²) in [5.74, 6) is -0.855.